The molecule has 0 radical (unpaired) electrons. The summed E-state index contributed by atoms with van der Waals surface area (Å²) in [4.78, 5) is 28.6. The molecule has 5 rings (SSSR count). The first kappa shape index (κ1) is 28.3. The van der Waals surface area contributed by atoms with E-state index >= 15 is 0 Å². The van der Waals surface area contributed by atoms with Crippen molar-refractivity contribution in [2.75, 3.05) is 20.3 Å². The van der Waals surface area contributed by atoms with Gasteiger partial charge in [0.2, 0.25) is 0 Å². The Hall–Kier alpha value is -4.26. The molecule has 2 atom stereocenters. The monoisotopic (exact) mass is 555 g/mol. The van der Waals surface area contributed by atoms with E-state index in [1.54, 1.807) is 24.1 Å². The van der Waals surface area contributed by atoms with Gasteiger partial charge in [0.05, 0.1) is 25.3 Å². The average molecular weight is 556 g/mol. The second kappa shape index (κ2) is 12.5. The molecule has 0 spiro atoms. The molecule has 0 aliphatic carbocycles. The Morgan fingerprint density at radius 3 is 2.59 bits per heavy atom. The third-order valence-corrected chi connectivity index (χ3v) is 7.70. The Morgan fingerprint density at radius 2 is 1.83 bits per heavy atom. The number of aliphatic hydroxyl groups excluding tert-OH is 1. The molecule has 1 saturated heterocycles. The van der Waals surface area contributed by atoms with Crippen LogP contribution >= 0.6 is 0 Å². The van der Waals surface area contributed by atoms with Crippen molar-refractivity contribution in [3.63, 3.8) is 0 Å². The first-order valence-electron chi connectivity index (χ1n) is 14.3. The van der Waals surface area contributed by atoms with E-state index in [1.807, 2.05) is 61.5 Å². The number of ether oxygens (including phenoxy) is 3. The molecule has 41 heavy (non-hydrogen) atoms. The second-order valence-electron chi connectivity index (χ2n) is 10.6. The van der Waals surface area contributed by atoms with Crippen LogP contribution in [0.4, 0.5) is 0 Å². The quantitative estimate of drug-likeness (QED) is 0.130. The van der Waals surface area contributed by atoms with Crippen LogP contribution in [0.5, 0.6) is 17.2 Å². The van der Waals surface area contributed by atoms with Crippen molar-refractivity contribution in [2.45, 2.75) is 58.1 Å². The number of carbonyl (C=O) groups is 2. The molecule has 214 valence electrons. The first-order chi connectivity index (χ1) is 19.9. The molecule has 3 aromatic rings. The Labute approximate surface area is 241 Å². The van der Waals surface area contributed by atoms with E-state index in [2.05, 4.69) is 6.92 Å². The minimum absolute atomic E-state index is 0.0427. The Bertz CT molecular complexity index is 1450. The van der Waals surface area contributed by atoms with Gasteiger partial charge in [-0.2, -0.15) is 0 Å². The molecule has 2 heterocycles. The summed E-state index contributed by atoms with van der Waals surface area (Å²) in [6.45, 7) is 5.01. The van der Waals surface area contributed by atoms with Gasteiger partial charge in [0, 0.05) is 18.5 Å². The lowest BCUT2D eigenvalue weighted by Crippen LogP contribution is -2.31. The molecule has 0 aromatic heterocycles. The van der Waals surface area contributed by atoms with Gasteiger partial charge in [-0.3, -0.25) is 9.59 Å². The molecule has 0 saturated carbocycles. The number of carbonyl (C=O) groups excluding carboxylic acids is 2. The molecule has 7 heteroatoms. The maximum absolute atomic E-state index is 13.5. The van der Waals surface area contributed by atoms with E-state index in [9.17, 15) is 14.7 Å². The van der Waals surface area contributed by atoms with Gasteiger partial charge in [-0.25, -0.2) is 0 Å². The van der Waals surface area contributed by atoms with Gasteiger partial charge in [-0.05, 0) is 66.8 Å². The number of fused-ring (bicyclic) bond motifs is 1. The van der Waals surface area contributed by atoms with Crippen molar-refractivity contribution >= 4 is 17.4 Å². The van der Waals surface area contributed by atoms with Crippen LogP contribution in [0.2, 0.25) is 0 Å². The van der Waals surface area contributed by atoms with Crippen LogP contribution in [0.3, 0.4) is 0 Å². The lowest BCUT2D eigenvalue weighted by Gasteiger charge is -2.26. The maximum atomic E-state index is 13.5. The summed E-state index contributed by atoms with van der Waals surface area (Å²) in [7, 11) is 1.57. The number of methoxy groups -OCH3 is 1. The lowest BCUT2D eigenvalue weighted by molar-refractivity contribution is -0.139. The van der Waals surface area contributed by atoms with Gasteiger partial charge < -0.3 is 24.2 Å². The maximum Gasteiger partial charge on any atom is 0.295 e. The molecule has 7 nitrogen and oxygen atoms in total. The number of unbranched alkanes of at least 4 members (excludes halogenated alkanes) is 2. The summed E-state index contributed by atoms with van der Waals surface area (Å²) in [6.07, 6.45) is 4.42. The number of Topliss-reactive ketones (excluding diaryl/α,β-unsaturated/α-hetero) is 1. The zero-order valence-electron chi connectivity index (χ0n) is 23.9. The zero-order valence-corrected chi connectivity index (χ0v) is 23.9. The van der Waals surface area contributed by atoms with Gasteiger partial charge in [0.25, 0.3) is 11.7 Å². The van der Waals surface area contributed by atoms with Crippen LogP contribution in [-0.4, -0.2) is 48.1 Å². The number of nitrogens with zero attached hydrogens (tertiary/aromatic N) is 1. The molecule has 1 amide bonds. The van der Waals surface area contributed by atoms with Crippen LogP contribution in [0.25, 0.3) is 5.76 Å². The SMILES string of the molecule is CCCCCOc1ccc([C@@H]2/C(=C(\O)c3ccc4c(c3)C[C@@H](C)O4)C(=O)C(=O)N2CCc2ccccc2)cc1OC. The summed E-state index contributed by atoms with van der Waals surface area (Å²) >= 11 is 0. The zero-order chi connectivity index (χ0) is 28.9. The number of rotatable bonds is 11. The van der Waals surface area contributed by atoms with E-state index in [0.29, 0.717) is 48.6 Å². The highest BCUT2D eigenvalue weighted by Crippen LogP contribution is 2.43. The van der Waals surface area contributed by atoms with Crippen molar-refractivity contribution in [3.8, 4) is 17.2 Å². The van der Waals surface area contributed by atoms with Crippen molar-refractivity contribution in [2.24, 2.45) is 0 Å². The second-order valence-corrected chi connectivity index (χ2v) is 10.6. The number of amides is 1. The third-order valence-electron chi connectivity index (χ3n) is 7.70. The summed E-state index contributed by atoms with van der Waals surface area (Å²) in [5.74, 6) is 0.344. The van der Waals surface area contributed by atoms with Crippen LogP contribution in [-0.2, 0) is 22.4 Å². The van der Waals surface area contributed by atoms with Gasteiger partial charge in [0.1, 0.15) is 17.6 Å². The van der Waals surface area contributed by atoms with Gasteiger partial charge >= 0.3 is 0 Å². The standard InChI is InChI=1S/C34H37NO6/c1-4-5-9-18-40-28-15-12-24(21-29(28)39-3)31-30(32(36)25-13-14-27-26(20-25)19-22(2)41-27)33(37)34(38)35(31)17-16-23-10-7-6-8-11-23/h6-8,10-15,20-22,31,36H,4-5,9,16-19H2,1-3H3/b32-30+/t22-,31-/m1/s1. The Morgan fingerprint density at radius 1 is 1.02 bits per heavy atom. The van der Waals surface area contributed by atoms with Crippen molar-refractivity contribution in [3.05, 3.63) is 94.6 Å². The minimum atomic E-state index is -0.787. The number of hydrogen-bond acceptors (Lipinski definition) is 6. The molecular weight excluding hydrogens is 518 g/mol. The van der Waals surface area contributed by atoms with Crippen LogP contribution in [0, 0.1) is 0 Å². The van der Waals surface area contributed by atoms with Gasteiger partial charge in [-0.1, -0.05) is 56.2 Å². The number of ketones is 1. The smallest absolute Gasteiger partial charge is 0.295 e. The highest BCUT2D eigenvalue weighted by Gasteiger charge is 2.46. The lowest BCUT2D eigenvalue weighted by atomic mass is 9.94. The predicted octanol–water partition coefficient (Wildman–Crippen LogP) is 6.25. The molecular formula is C34H37NO6. The number of hydrogen-bond donors (Lipinski definition) is 1. The summed E-state index contributed by atoms with van der Waals surface area (Å²) in [5.41, 5.74) is 3.22. The number of benzene rings is 3. The third kappa shape index (κ3) is 5.94. The van der Waals surface area contributed by atoms with E-state index in [1.165, 1.54) is 0 Å². The van der Waals surface area contributed by atoms with Gasteiger partial charge in [-0.15, -0.1) is 0 Å². The van der Waals surface area contributed by atoms with Crippen molar-refractivity contribution < 1.29 is 28.9 Å². The predicted molar refractivity (Wildman–Crippen MR) is 157 cm³/mol. The van der Waals surface area contributed by atoms with E-state index in [0.717, 1.165) is 36.1 Å². The fraction of sp³-hybridized carbons (Fsp3) is 0.353. The fourth-order valence-electron chi connectivity index (χ4n) is 5.58. The molecule has 1 N–H and O–H groups in total. The molecule has 0 unspecified atom stereocenters. The van der Waals surface area contributed by atoms with E-state index < -0.39 is 17.7 Å². The van der Waals surface area contributed by atoms with Crippen molar-refractivity contribution in [1.82, 2.24) is 4.90 Å². The topological polar surface area (TPSA) is 85.3 Å². The number of aliphatic hydroxyl groups is 1. The highest BCUT2D eigenvalue weighted by atomic mass is 16.5. The van der Waals surface area contributed by atoms with Crippen molar-refractivity contribution in [1.29, 1.82) is 0 Å². The molecule has 3 aromatic carbocycles. The number of likely N-dealkylation sites (tertiary alicyclic amines) is 1. The van der Waals surface area contributed by atoms with E-state index in [-0.39, 0.29) is 17.4 Å². The molecule has 0 bridgehead atoms. The molecule has 2 aliphatic heterocycles. The highest BCUT2D eigenvalue weighted by molar-refractivity contribution is 6.46. The van der Waals surface area contributed by atoms with Gasteiger partial charge in [0.15, 0.2) is 11.5 Å². The fourth-order valence-corrected chi connectivity index (χ4v) is 5.58. The first-order valence-corrected chi connectivity index (χ1v) is 14.3. The van der Waals surface area contributed by atoms with Crippen LogP contribution in [0.15, 0.2) is 72.3 Å². The molecule has 1 fully saturated rings. The minimum Gasteiger partial charge on any atom is -0.507 e. The largest absolute Gasteiger partial charge is 0.507 e. The summed E-state index contributed by atoms with van der Waals surface area (Å²) in [6, 6.07) is 19.9. The van der Waals surface area contributed by atoms with E-state index in [4.69, 9.17) is 14.2 Å². The average Bonchev–Trinajstić information content (AvgIpc) is 3.49. The normalized spacial score (nSPS) is 19.2. The summed E-state index contributed by atoms with van der Waals surface area (Å²) < 4.78 is 17.4. The summed E-state index contributed by atoms with van der Waals surface area (Å²) in [5, 5.41) is 11.6. The molecule has 2 aliphatic rings. The van der Waals surface area contributed by atoms with Crippen LogP contribution in [0.1, 0.15) is 61.4 Å². The Kier molecular flexibility index (Phi) is 8.62. The van der Waals surface area contributed by atoms with Crippen LogP contribution < -0.4 is 14.2 Å². The Balaban J connectivity index is 1.54.